The Morgan fingerprint density at radius 1 is 1.38 bits per heavy atom. The van der Waals surface area contributed by atoms with E-state index in [1.807, 2.05) is 0 Å². The van der Waals surface area contributed by atoms with E-state index in [1.54, 1.807) is 18.2 Å². The van der Waals surface area contributed by atoms with Gasteiger partial charge >= 0.3 is 0 Å². The maximum atomic E-state index is 12.8. The number of aromatic nitrogens is 1. The summed E-state index contributed by atoms with van der Waals surface area (Å²) >= 11 is 0. The van der Waals surface area contributed by atoms with Crippen molar-refractivity contribution < 1.29 is 13.7 Å². The van der Waals surface area contributed by atoms with Gasteiger partial charge in [-0.15, -0.1) is 0 Å². The summed E-state index contributed by atoms with van der Waals surface area (Å²) < 4.78 is 22.5. The summed E-state index contributed by atoms with van der Waals surface area (Å²) in [5.41, 5.74) is 0.615. The van der Waals surface area contributed by atoms with Crippen molar-refractivity contribution in [1.82, 2.24) is 5.16 Å². The van der Waals surface area contributed by atoms with E-state index < -0.39 is 0 Å². The highest BCUT2D eigenvalue weighted by molar-refractivity contribution is 5.34. The molecule has 0 bridgehead atoms. The van der Waals surface area contributed by atoms with Crippen molar-refractivity contribution in [2.75, 3.05) is 6.61 Å². The number of nitrogens with zero attached hydrogens (tertiary/aromatic N) is 1. The lowest BCUT2D eigenvalue weighted by atomic mass is 10.2. The second-order valence-electron chi connectivity index (χ2n) is 2.94. The van der Waals surface area contributed by atoms with Crippen molar-refractivity contribution in [3.63, 3.8) is 0 Å². The van der Waals surface area contributed by atoms with Gasteiger partial charge in [-0.05, 0) is 23.4 Å². The first-order valence-corrected chi connectivity index (χ1v) is 4.62. The Balaban J connectivity index is 1.91. The highest BCUT2D eigenvalue weighted by atomic mass is 19.1. The van der Waals surface area contributed by atoms with Gasteiger partial charge < -0.3 is 9.26 Å². The third-order valence-electron chi connectivity index (χ3n) is 1.76. The second kappa shape index (κ2) is 4.99. The summed E-state index contributed by atoms with van der Waals surface area (Å²) in [6.45, 7) is 0.184. The Bertz CT molecular complexity index is 511. The molecule has 0 saturated carbocycles. The van der Waals surface area contributed by atoms with Crippen LogP contribution in [0.15, 0.2) is 41.1 Å². The van der Waals surface area contributed by atoms with Gasteiger partial charge in [0.05, 0.1) is 0 Å². The predicted octanol–water partition coefficient (Wildman–Crippen LogP) is 2.24. The van der Waals surface area contributed by atoms with Crippen LogP contribution in [0.3, 0.4) is 0 Å². The molecule has 1 aromatic heterocycles. The molecule has 0 aliphatic carbocycles. The van der Waals surface area contributed by atoms with Crippen molar-refractivity contribution in [1.29, 1.82) is 0 Å². The molecule has 1 heterocycles. The van der Waals surface area contributed by atoms with E-state index in [0.717, 1.165) is 0 Å². The molecular formula is C12H8FNO2. The Morgan fingerprint density at radius 3 is 3.06 bits per heavy atom. The van der Waals surface area contributed by atoms with Gasteiger partial charge in [-0.2, -0.15) is 0 Å². The minimum absolute atomic E-state index is 0.184. The second-order valence-corrected chi connectivity index (χ2v) is 2.94. The van der Waals surface area contributed by atoms with Crippen LogP contribution in [-0.4, -0.2) is 11.8 Å². The standard InChI is InChI=1S/C12H8FNO2/c13-11-5-1-3-10(9-11)4-2-7-15-12-6-8-16-14-12/h1,3,5-6,8-9H,7H2. The van der Waals surface area contributed by atoms with Crippen molar-refractivity contribution in [3.8, 4) is 17.7 Å². The minimum Gasteiger partial charge on any atom is -0.462 e. The van der Waals surface area contributed by atoms with E-state index in [0.29, 0.717) is 11.4 Å². The molecule has 2 aromatic rings. The molecule has 4 heteroatoms. The normalized spacial score (nSPS) is 9.31. The molecule has 3 nitrogen and oxygen atoms in total. The Morgan fingerprint density at radius 2 is 2.31 bits per heavy atom. The lowest BCUT2D eigenvalue weighted by Crippen LogP contribution is -1.93. The fourth-order valence-corrected chi connectivity index (χ4v) is 1.09. The van der Waals surface area contributed by atoms with E-state index in [2.05, 4.69) is 21.5 Å². The van der Waals surface area contributed by atoms with E-state index >= 15 is 0 Å². The van der Waals surface area contributed by atoms with E-state index in [9.17, 15) is 4.39 Å². The fourth-order valence-electron chi connectivity index (χ4n) is 1.09. The summed E-state index contributed by atoms with van der Waals surface area (Å²) in [5.74, 6) is 5.60. The van der Waals surface area contributed by atoms with Crippen molar-refractivity contribution in [2.24, 2.45) is 0 Å². The van der Waals surface area contributed by atoms with Crippen LogP contribution >= 0.6 is 0 Å². The molecule has 0 aliphatic rings. The first kappa shape index (κ1) is 10.2. The zero-order valence-corrected chi connectivity index (χ0v) is 8.31. The number of benzene rings is 1. The van der Waals surface area contributed by atoms with Gasteiger partial charge in [-0.1, -0.05) is 17.9 Å². The molecular weight excluding hydrogens is 209 g/mol. The summed E-state index contributed by atoms with van der Waals surface area (Å²) in [4.78, 5) is 0. The molecule has 2 rings (SSSR count). The molecule has 0 unspecified atom stereocenters. The minimum atomic E-state index is -0.302. The molecule has 0 fully saturated rings. The SMILES string of the molecule is Fc1cccc(C#CCOc2ccon2)c1. The smallest absolute Gasteiger partial charge is 0.254 e. The van der Waals surface area contributed by atoms with Crippen molar-refractivity contribution in [3.05, 3.63) is 48.0 Å². The molecule has 0 amide bonds. The lowest BCUT2D eigenvalue weighted by molar-refractivity contribution is 0.314. The predicted molar refractivity (Wildman–Crippen MR) is 55.3 cm³/mol. The van der Waals surface area contributed by atoms with Gasteiger partial charge in [0, 0.05) is 11.6 Å². The summed E-state index contributed by atoms with van der Waals surface area (Å²) in [6.07, 6.45) is 1.41. The number of hydrogen-bond donors (Lipinski definition) is 0. The number of halogens is 1. The van der Waals surface area contributed by atoms with E-state index in [-0.39, 0.29) is 12.4 Å². The van der Waals surface area contributed by atoms with Crippen LogP contribution in [0, 0.1) is 17.7 Å². The quantitative estimate of drug-likeness (QED) is 0.723. The zero-order valence-electron chi connectivity index (χ0n) is 8.31. The molecule has 1 aromatic carbocycles. The van der Waals surface area contributed by atoms with Crippen molar-refractivity contribution in [2.45, 2.75) is 0 Å². The summed E-state index contributed by atoms with van der Waals surface area (Å²) in [7, 11) is 0. The number of hydrogen-bond acceptors (Lipinski definition) is 3. The maximum absolute atomic E-state index is 12.8. The summed E-state index contributed by atoms with van der Waals surface area (Å²) in [5, 5.41) is 3.55. The Hall–Kier alpha value is -2.28. The third kappa shape index (κ3) is 2.85. The van der Waals surface area contributed by atoms with Crippen LogP contribution < -0.4 is 4.74 Å². The van der Waals surface area contributed by atoms with Gasteiger partial charge in [0.1, 0.15) is 12.1 Å². The van der Waals surface area contributed by atoms with Gasteiger partial charge in [0.25, 0.3) is 5.88 Å². The Labute approximate surface area is 91.8 Å². The van der Waals surface area contributed by atoms with Gasteiger partial charge in [0.2, 0.25) is 0 Å². The first-order valence-electron chi connectivity index (χ1n) is 4.62. The average molecular weight is 217 g/mol. The van der Waals surface area contributed by atoms with E-state index in [4.69, 9.17) is 4.74 Å². The first-order chi connectivity index (χ1) is 7.84. The van der Waals surface area contributed by atoms with Crippen LogP contribution in [0.1, 0.15) is 5.56 Å². The molecule has 16 heavy (non-hydrogen) atoms. The molecule has 0 radical (unpaired) electrons. The van der Waals surface area contributed by atoms with Crippen LogP contribution in [0.5, 0.6) is 5.88 Å². The topological polar surface area (TPSA) is 35.3 Å². The zero-order chi connectivity index (χ0) is 11.2. The number of rotatable bonds is 2. The highest BCUT2D eigenvalue weighted by Gasteiger charge is 1.93. The number of ether oxygens (including phenoxy) is 1. The Kier molecular flexibility index (Phi) is 3.19. The average Bonchev–Trinajstić information content (AvgIpc) is 2.77. The third-order valence-corrected chi connectivity index (χ3v) is 1.76. The monoisotopic (exact) mass is 217 g/mol. The van der Waals surface area contributed by atoms with Crippen LogP contribution in [-0.2, 0) is 0 Å². The summed E-state index contributed by atoms with van der Waals surface area (Å²) in [6, 6.07) is 7.66. The molecule has 0 spiro atoms. The van der Waals surface area contributed by atoms with Gasteiger partial charge in [-0.3, -0.25) is 0 Å². The largest absolute Gasteiger partial charge is 0.462 e. The highest BCUT2D eigenvalue weighted by Crippen LogP contribution is 2.04. The van der Waals surface area contributed by atoms with Crippen molar-refractivity contribution >= 4 is 0 Å². The maximum Gasteiger partial charge on any atom is 0.254 e. The fraction of sp³-hybridized carbons (Fsp3) is 0.0833. The molecule has 0 atom stereocenters. The van der Waals surface area contributed by atoms with Crippen LogP contribution in [0.25, 0.3) is 0 Å². The lowest BCUT2D eigenvalue weighted by Gasteiger charge is -1.93. The van der Waals surface area contributed by atoms with Crippen LogP contribution in [0.2, 0.25) is 0 Å². The van der Waals surface area contributed by atoms with E-state index in [1.165, 1.54) is 18.4 Å². The molecule has 0 aliphatic heterocycles. The molecule has 80 valence electrons. The molecule has 0 N–H and O–H groups in total. The molecule has 0 saturated heterocycles. The van der Waals surface area contributed by atoms with Gasteiger partial charge in [-0.25, -0.2) is 4.39 Å². The van der Waals surface area contributed by atoms with Gasteiger partial charge in [0.15, 0.2) is 6.61 Å². The van der Waals surface area contributed by atoms with Crippen LogP contribution in [0.4, 0.5) is 4.39 Å².